The SMILES string of the molecule is CCCC(=O)Sc1cccc(C(CC(C)C)C(=O)OCC)c1SC(=O)CCC. The van der Waals surface area contributed by atoms with Gasteiger partial charge >= 0.3 is 5.97 Å². The summed E-state index contributed by atoms with van der Waals surface area (Å²) in [6.45, 7) is 10.2. The maximum absolute atomic E-state index is 12.7. The first-order chi connectivity index (χ1) is 13.3. The van der Waals surface area contributed by atoms with Gasteiger partial charge in [-0.05, 0) is 43.7 Å². The predicted octanol–water partition coefficient (Wildman–Crippen LogP) is 6.22. The van der Waals surface area contributed by atoms with Crippen molar-refractivity contribution >= 4 is 39.7 Å². The van der Waals surface area contributed by atoms with Crippen molar-refractivity contribution in [3.63, 3.8) is 0 Å². The number of thioether (sulfide) groups is 2. The highest BCUT2D eigenvalue weighted by Crippen LogP contribution is 2.41. The van der Waals surface area contributed by atoms with Crippen molar-refractivity contribution in [3.05, 3.63) is 23.8 Å². The minimum Gasteiger partial charge on any atom is -0.466 e. The molecule has 1 aromatic carbocycles. The van der Waals surface area contributed by atoms with Crippen LogP contribution in [-0.2, 0) is 19.1 Å². The number of rotatable bonds is 11. The zero-order chi connectivity index (χ0) is 21.1. The number of benzene rings is 1. The Morgan fingerprint density at radius 3 is 2.11 bits per heavy atom. The molecule has 0 amide bonds. The Kier molecular flexibility index (Phi) is 11.5. The van der Waals surface area contributed by atoms with E-state index in [4.69, 9.17) is 4.74 Å². The fourth-order valence-electron chi connectivity index (χ4n) is 2.81. The van der Waals surface area contributed by atoms with Gasteiger partial charge in [0.1, 0.15) is 0 Å². The largest absolute Gasteiger partial charge is 0.466 e. The average Bonchev–Trinajstić information content (AvgIpc) is 2.61. The minimum absolute atomic E-state index is 0.0481. The molecule has 0 aliphatic heterocycles. The van der Waals surface area contributed by atoms with E-state index >= 15 is 0 Å². The summed E-state index contributed by atoms with van der Waals surface area (Å²) in [7, 11) is 0. The molecule has 28 heavy (non-hydrogen) atoms. The van der Waals surface area contributed by atoms with Gasteiger partial charge in [0.05, 0.1) is 12.5 Å². The van der Waals surface area contributed by atoms with E-state index in [1.54, 1.807) is 6.92 Å². The Morgan fingerprint density at radius 2 is 1.57 bits per heavy atom. The number of carbonyl (C=O) groups excluding carboxylic acids is 3. The molecule has 1 rings (SSSR count). The summed E-state index contributed by atoms with van der Waals surface area (Å²) in [5.41, 5.74) is 0.788. The molecule has 0 bridgehead atoms. The molecule has 0 N–H and O–H groups in total. The van der Waals surface area contributed by atoms with Crippen molar-refractivity contribution in [3.8, 4) is 0 Å². The Morgan fingerprint density at radius 1 is 0.964 bits per heavy atom. The molecule has 0 fully saturated rings. The molecule has 0 spiro atoms. The third-order valence-electron chi connectivity index (χ3n) is 4.01. The lowest BCUT2D eigenvalue weighted by Gasteiger charge is -2.22. The van der Waals surface area contributed by atoms with E-state index in [0.29, 0.717) is 25.9 Å². The van der Waals surface area contributed by atoms with Crippen LogP contribution in [0.4, 0.5) is 0 Å². The molecular weight excluding hydrogens is 392 g/mol. The van der Waals surface area contributed by atoms with Gasteiger partial charge in [0.25, 0.3) is 0 Å². The second-order valence-electron chi connectivity index (χ2n) is 7.06. The molecule has 4 nitrogen and oxygen atoms in total. The molecule has 0 radical (unpaired) electrons. The second kappa shape index (κ2) is 13.0. The van der Waals surface area contributed by atoms with Crippen LogP contribution in [0.2, 0.25) is 0 Å². The molecule has 1 aromatic rings. The van der Waals surface area contributed by atoms with Crippen molar-refractivity contribution < 1.29 is 19.1 Å². The van der Waals surface area contributed by atoms with E-state index in [2.05, 4.69) is 13.8 Å². The van der Waals surface area contributed by atoms with Crippen LogP contribution in [0.15, 0.2) is 28.0 Å². The smallest absolute Gasteiger partial charge is 0.313 e. The third-order valence-corrected chi connectivity index (χ3v) is 6.22. The van der Waals surface area contributed by atoms with Crippen molar-refractivity contribution in [2.45, 2.75) is 82.4 Å². The van der Waals surface area contributed by atoms with Gasteiger partial charge in [0.2, 0.25) is 0 Å². The van der Waals surface area contributed by atoms with Gasteiger partial charge in [0.15, 0.2) is 10.2 Å². The van der Waals surface area contributed by atoms with E-state index in [-0.39, 0.29) is 22.1 Å². The first kappa shape index (κ1) is 24.8. The first-order valence-electron chi connectivity index (χ1n) is 10.0. The summed E-state index contributed by atoms with van der Waals surface area (Å²) >= 11 is 2.32. The quantitative estimate of drug-likeness (QED) is 0.310. The second-order valence-corrected chi connectivity index (χ2v) is 9.22. The standard InChI is InChI=1S/C22H32O4S2/c1-6-10-19(23)27-18-13-9-12-16(21(18)28-20(24)11-7-2)17(14-15(4)5)22(25)26-8-3/h9,12-13,15,17H,6-8,10-11,14H2,1-5H3. The zero-order valence-electron chi connectivity index (χ0n) is 17.6. The monoisotopic (exact) mass is 424 g/mol. The Bertz CT molecular complexity index is 671. The topological polar surface area (TPSA) is 60.4 Å². The lowest BCUT2D eigenvalue weighted by atomic mass is 9.90. The number of ether oxygens (including phenoxy) is 1. The van der Waals surface area contributed by atoms with Crippen molar-refractivity contribution in [1.29, 1.82) is 0 Å². The van der Waals surface area contributed by atoms with Crippen LogP contribution in [0.5, 0.6) is 0 Å². The van der Waals surface area contributed by atoms with E-state index in [1.165, 1.54) is 11.8 Å². The number of esters is 1. The van der Waals surface area contributed by atoms with E-state index in [0.717, 1.165) is 40.0 Å². The highest BCUT2D eigenvalue weighted by molar-refractivity contribution is 8.16. The Hall–Kier alpha value is -1.27. The van der Waals surface area contributed by atoms with Crippen LogP contribution in [0.3, 0.4) is 0 Å². The normalized spacial score (nSPS) is 12.1. The van der Waals surface area contributed by atoms with Crippen LogP contribution < -0.4 is 0 Å². The van der Waals surface area contributed by atoms with Crippen LogP contribution in [-0.4, -0.2) is 22.8 Å². The van der Waals surface area contributed by atoms with Crippen LogP contribution >= 0.6 is 23.5 Å². The van der Waals surface area contributed by atoms with Gasteiger partial charge in [-0.15, -0.1) is 0 Å². The van der Waals surface area contributed by atoms with Crippen molar-refractivity contribution in [1.82, 2.24) is 0 Å². The highest BCUT2D eigenvalue weighted by atomic mass is 32.2. The fourth-order valence-corrected chi connectivity index (χ4v) is 5.00. The summed E-state index contributed by atoms with van der Waals surface area (Å²) in [4.78, 5) is 38.8. The van der Waals surface area contributed by atoms with Gasteiger partial charge in [-0.25, -0.2) is 0 Å². The lowest BCUT2D eigenvalue weighted by Crippen LogP contribution is -2.19. The molecule has 6 heteroatoms. The number of carbonyl (C=O) groups is 3. The summed E-state index contributed by atoms with van der Waals surface area (Å²) in [6, 6.07) is 5.61. The van der Waals surface area contributed by atoms with Crippen molar-refractivity contribution in [2.24, 2.45) is 5.92 Å². The van der Waals surface area contributed by atoms with E-state index < -0.39 is 5.92 Å². The lowest BCUT2D eigenvalue weighted by molar-refractivity contribution is -0.145. The zero-order valence-corrected chi connectivity index (χ0v) is 19.2. The third kappa shape index (κ3) is 8.00. The van der Waals surface area contributed by atoms with Crippen LogP contribution in [0, 0.1) is 5.92 Å². The molecule has 0 aliphatic rings. The maximum atomic E-state index is 12.7. The van der Waals surface area contributed by atoms with Gasteiger partial charge < -0.3 is 4.74 Å². The molecule has 0 saturated heterocycles. The van der Waals surface area contributed by atoms with Gasteiger partial charge in [-0.2, -0.15) is 0 Å². The molecule has 0 aliphatic carbocycles. The Labute approximate surface area is 177 Å². The minimum atomic E-state index is -0.446. The van der Waals surface area contributed by atoms with Crippen molar-refractivity contribution in [2.75, 3.05) is 6.61 Å². The van der Waals surface area contributed by atoms with Crippen LogP contribution in [0.1, 0.15) is 78.2 Å². The molecule has 156 valence electrons. The van der Waals surface area contributed by atoms with Crippen LogP contribution in [0.25, 0.3) is 0 Å². The molecular formula is C22H32O4S2. The number of hydrogen-bond donors (Lipinski definition) is 0. The first-order valence-corrected chi connectivity index (χ1v) is 11.7. The van der Waals surface area contributed by atoms with Gasteiger partial charge in [0, 0.05) is 22.6 Å². The van der Waals surface area contributed by atoms with E-state index in [1.807, 2.05) is 32.0 Å². The molecule has 1 unspecified atom stereocenters. The highest BCUT2D eigenvalue weighted by Gasteiger charge is 2.28. The summed E-state index contributed by atoms with van der Waals surface area (Å²) in [5.74, 6) is -0.432. The predicted molar refractivity (Wildman–Crippen MR) is 117 cm³/mol. The average molecular weight is 425 g/mol. The molecule has 0 aromatic heterocycles. The Balaban J connectivity index is 3.40. The summed E-state index contributed by atoms with van der Waals surface area (Å²) in [6.07, 6.45) is 3.11. The summed E-state index contributed by atoms with van der Waals surface area (Å²) < 4.78 is 5.32. The van der Waals surface area contributed by atoms with Gasteiger partial charge in [-0.1, -0.05) is 63.4 Å². The van der Waals surface area contributed by atoms with Gasteiger partial charge in [-0.3, -0.25) is 14.4 Å². The van der Waals surface area contributed by atoms with E-state index in [9.17, 15) is 14.4 Å². The molecule has 1 atom stereocenters. The summed E-state index contributed by atoms with van der Waals surface area (Å²) in [5, 5.41) is 0.118. The fraction of sp³-hybridized carbons (Fsp3) is 0.591. The molecule has 0 saturated carbocycles. The maximum Gasteiger partial charge on any atom is 0.313 e. The number of hydrogen-bond acceptors (Lipinski definition) is 6. The molecule has 0 heterocycles.